The van der Waals surface area contributed by atoms with Crippen LogP contribution in [0.1, 0.15) is 72.2 Å². The van der Waals surface area contributed by atoms with Crippen LogP contribution in [0.3, 0.4) is 0 Å². The lowest BCUT2D eigenvalue weighted by molar-refractivity contribution is 0.0894. The van der Waals surface area contributed by atoms with Crippen LogP contribution < -0.4 is 21.3 Å². The Morgan fingerprint density at radius 1 is 0.902 bits per heavy atom. The number of Topliss-reactive ketones (excluding diaryl/α,β-unsaturated/α-hetero) is 1. The first-order valence-electron chi connectivity index (χ1n) is 15.1. The van der Waals surface area contributed by atoms with Crippen LogP contribution in [0.2, 0.25) is 0 Å². The van der Waals surface area contributed by atoms with Gasteiger partial charge in [0.25, 0.3) is 5.91 Å². The van der Waals surface area contributed by atoms with Crippen molar-refractivity contribution in [2.45, 2.75) is 63.5 Å². The topological polar surface area (TPSA) is 137 Å². The van der Waals surface area contributed by atoms with Crippen molar-refractivity contribution >= 4 is 35.0 Å². The number of nitrogens with one attached hydrogen (secondary N) is 2. The van der Waals surface area contributed by atoms with Gasteiger partial charge in [0.05, 0.1) is 12.2 Å². The van der Waals surface area contributed by atoms with Gasteiger partial charge in [0.15, 0.2) is 17.3 Å². The van der Waals surface area contributed by atoms with Crippen LogP contribution in [-0.4, -0.2) is 88.8 Å². The molecule has 4 aliphatic rings. The molecule has 3 amide bonds. The lowest BCUT2D eigenvalue weighted by Crippen LogP contribution is -2.50. The van der Waals surface area contributed by atoms with Crippen molar-refractivity contribution in [2.75, 3.05) is 49.5 Å². The quantitative estimate of drug-likeness (QED) is 0.419. The highest BCUT2D eigenvalue weighted by molar-refractivity contribution is 5.99. The Hall–Kier alpha value is -3.73. The normalized spacial score (nSPS) is 22.4. The van der Waals surface area contributed by atoms with Crippen molar-refractivity contribution < 1.29 is 14.4 Å². The molecule has 0 radical (unpaired) electrons. The molecule has 1 saturated carbocycles. The third-order valence-corrected chi connectivity index (χ3v) is 9.14. The van der Waals surface area contributed by atoms with E-state index in [4.69, 9.17) is 10.7 Å². The van der Waals surface area contributed by atoms with Crippen LogP contribution in [-0.2, 0) is 0 Å². The van der Waals surface area contributed by atoms with Gasteiger partial charge in [-0.1, -0.05) is 12.8 Å². The van der Waals surface area contributed by atoms with Gasteiger partial charge < -0.3 is 31.1 Å². The highest BCUT2D eigenvalue weighted by Gasteiger charge is 2.39. The van der Waals surface area contributed by atoms with E-state index >= 15 is 0 Å². The summed E-state index contributed by atoms with van der Waals surface area (Å²) in [6.07, 6.45) is 9.84. The number of nitrogens with zero attached hydrogens (tertiary/aromatic N) is 5. The lowest BCUT2D eigenvalue weighted by atomic mass is 9.89. The molecule has 11 nitrogen and oxygen atoms in total. The highest BCUT2D eigenvalue weighted by atomic mass is 16.2. The van der Waals surface area contributed by atoms with E-state index in [1.165, 1.54) is 12.8 Å². The number of primary amides is 1. The minimum absolute atomic E-state index is 0.0501. The molecule has 11 heteroatoms. The fourth-order valence-corrected chi connectivity index (χ4v) is 6.86. The second-order valence-corrected chi connectivity index (χ2v) is 11.7. The van der Waals surface area contributed by atoms with Crippen molar-refractivity contribution in [1.29, 1.82) is 0 Å². The van der Waals surface area contributed by atoms with Gasteiger partial charge in [-0.15, -0.1) is 0 Å². The average molecular weight is 561 g/mol. The van der Waals surface area contributed by atoms with Gasteiger partial charge >= 0.3 is 6.03 Å². The summed E-state index contributed by atoms with van der Waals surface area (Å²) < 4.78 is 0. The number of rotatable bonds is 8. The third kappa shape index (κ3) is 5.86. The molecule has 6 rings (SSSR count). The average Bonchev–Trinajstić information content (AvgIpc) is 3.67. The van der Waals surface area contributed by atoms with Crippen molar-refractivity contribution in [2.24, 2.45) is 11.7 Å². The Kier molecular flexibility index (Phi) is 8.04. The summed E-state index contributed by atoms with van der Waals surface area (Å²) in [5, 5.41) is 6.49. The molecule has 1 aromatic carbocycles. The molecule has 4 N–H and O–H groups in total. The van der Waals surface area contributed by atoms with Gasteiger partial charge in [-0.05, 0) is 75.9 Å². The van der Waals surface area contributed by atoms with E-state index < -0.39 is 5.91 Å². The third-order valence-electron chi connectivity index (χ3n) is 9.14. The van der Waals surface area contributed by atoms with Crippen LogP contribution in [0.5, 0.6) is 0 Å². The van der Waals surface area contributed by atoms with Crippen molar-refractivity contribution in [3.63, 3.8) is 0 Å². The Morgan fingerprint density at radius 2 is 1.59 bits per heavy atom. The summed E-state index contributed by atoms with van der Waals surface area (Å²) >= 11 is 0. The van der Waals surface area contributed by atoms with E-state index in [9.17, 15) is 14.4 Å². The second-order valence-electron chi connectivity index (χ2n) is 11.7. The van der Waals surface area contributed by atoms with E-state index in [-0.39, 0.29) is 35.3 Å². The van der Waals surface area contributed by atoms with Gasteiger partial charge in [-0.2, -0.15) is 0 Å². The summed E-state index contributed by atoms with van der Waals surface area (Å²) in [5.41, 5.74) is 7.06. The molecule has 1 unspecified atom stereocenters. The smallest absolute Gasteiger partial charge is 0.320 e. The molecule has 1 aromatic heterocycles. The van der Waals surface area contributed by atoms with E-state index in [1.54, 1.807) is 6.20 Å². The number of urea groups is 1. The predicted octanol–water partition coefficient (Wildman–Crippen LogP) is 3.15. The maximum Gasteiger partial charge on any atom is 0.320 e. The summed E-state index contributed by atoms with van der Waals surface area (Å²) in [4.78, 5) is 53.8. The Labute approximate surface area is 240 Å². The number of nitrogens with two attached hydrogens (primary N) is 1. The summed E-state index contributed by atoms with van der Waals surface area (Å²) in [7, 11) is 0. The van der Waals surface area contributed by atoms with Gasteiger partial charge in [-0.25, -0.2) is 14.8 Å². The second kappa shape index (κ2) is 12.0. The predicted molar refractivity (Wildman–Crippen MR) is 156 cm³/mol. The molecule has 41 heavy (non-hydrogen) atoms. The highest BCUT2D eigenvalue weighted by Crippen LogP contribution is 2.30. The summed E-state index contributed by atoms with van der Waals surface area (Å²) in [5.74, 6) is 0.461. The molecule has 1 atom stereocenters. The van der Waals surface area contributed by atoms with E-state index in [0.29, 0.717) is 29.7 Å². The number of ketones is 1. The molecule has 0 spiro atoms. The maximum absolute atomic E-state index is 13.3. The number of carbonyl (C=O) groups is 3. The summed E-state index contributed by atoms with van der Waals surface area (Å²) in [6, 6.07) is 7.93. The zero-order valence-electron chi connectivity index (χ0n) is 23.6. The first-order chi connectivity index (χ1) is 20.0. The van der Waals surface area contributed by atoms with E-state index in [1.807, 2.05) is 29.2 Å². The maximum atomic E-state index is 13.3. The largest absolute Gasteiger partial charge is 0.364 e. The van der Waals surface area contributed by atoms with Crippen LogP contribution in [0.25, 0.3) is 0 Å². The van der Waals surface area contributed by atoms with E-state index in [0.717, 1.165) is 71.2 Å². The minimum Gasteiger partial charge on any atom is -0.364 e. The number of hydrogen-bond acceptors (Lipinski definition) is 8. The van der Waals surface area contributed by atoms with Gasteiger partial charge in [-0.3, -0.25) is 9.59 Å². The number of anilines is 3. The van der Waals surface area contributed by atoms with Crippen molar-refractivity contribution in [3.05, 3.63) is 41.7 Å². The Morgan fingerprint density at radius 3 is 2.29 bits per heavy atom. The Balaban J connectivity index is 1.15. The first kappa shape index (κ1) is 27.4. The lowest BCUT2D eigenvalue weighted by Gasteiger charge is -2.38. The summed E-state index contributed by atoms with van der Waals surface area (Å²) in [6.45, 7) is 4.77. The number of aromatic nitrogens is 2. The molecule has 4 fully saturated rings. The molecular weight excluding hydrogens is 520 g/mol. The molecule has 3 saturated heterocycles. The van der Waals surface area contributed by atoms with Gasteiger partial charge in [0.1, 0.15) is 5.82 Å². The van der Waals surface area contributed by atoms with Gasteiger partial charge in [0, 0.05) is 49.4 Å². The standard InChI is InChI=1S/C30H40N8O3/c31-28(40)26-29(34-22-9-7-20(8-10-22)27(39)21-11-13-32-14-12-21)35-25(18-33-26)36-15-3-6-24(19-36)38-17-16-37(30(38)41)23-4-1-2-5-23/h7-10,18,21,23-24,32H,1-6,11-17,19H2,(H2,31,40)(H,34,35). The van der Waals surface area contributed by atoms with Crippen molar-refractivity contribution in [3.8, 4) is 0 Å². The van der Waals surface area contributed by atoms with Crippen molar-refractivity contribution in [1.82, 2.24) is 25.1 Å². The molecule has 218 valence electrons. The zero-order chi connectivity index (χ0) is 28.3. The molecular formula is C30H40N8O3. The molecule has 3 aliphatic heterocycles. The number of benzene rings is 1. The molecule has 0 bridgehead atoms. The van der Waals surface area contributed by atoms with Gasteiger partial charge in [0.2, 0.25) is 0 Å². The van der Waals surface area contributed by atoms with Crippen LogP contribution in [0.4, 0.5) is 22.1 Å². The number of amides is 3. The number of hydrogen-bond donors (Lipinski definition) is 3. The molecule has 1 aliphatic carbocycles. The fourth-order valence-electron chi connectivity index (χ4n) is 6.86. The number of piperidine rings is 2. The first-order valence-corrected chi connectivity index (χ1v) is 15.1. The van der Waals surface area contributed by atoms with Crippen LogP contribution in [0.15, 0.2) is 30.5 Å². The Bertz CT molecular complexity index is 1270. The van der Waals surface area contributed by atoms with Crippen LogP contribution in [0, 0.1) is 5.92 Å². The molecule has 4 heterocycles. The fraction of sp³-hybridized carbons (Fsp3) is 0.567. The molecule has 2 aromatic rings. The SMILES string of the molecule is NC(=O)c1ncc(N2CCCC(N3CCN(C4CCCC4)C3=O)C2)nc1Nc1ccc(C(=O)C2CCNCC2)cc1. The minimum atomic E-state index is -0.671. The monoisotopic (exact) mass is 560 g/mol. The zero-order valence-corrected chi connectivity index (χ0v) is 23.6. The number of carbonyl (C=O) groups excluding carboxylic acids is 3. The van der Waals surface area contributed by atoms with E-state index in [2.05, 4.69) is 25.4 Å². The van der Waals surface area contributed by atoms with Crippen LogP contribution >= 0.6 is 0 Å².